The molecule has 3 saturated carbocycles. The molecule has 0 bridgehead atoms. The van der Waals surface area contributed by atoms with Crippen LogP contribution in [0.4, 0.5) is 4.79 Å². The highest BCUT2D eigenvalue weighted by atomic mass is 16.6. The third-order valence-electron chi connectivity index (χ3n) is 7.71. The van der Waals surface area contributed by atoms with E-state index in [1.54, 1.807) is 0 Å². The summed E-state index contributed by atoms with van der Waals surface area (Å²) in [4.78, 5) is 52.3. The highest BCUT2D eigenvalue weighted by Gasteiger charge is 2.61. The molecule has 0 aromatic rings. The van der Waals surface area contributed by atoms with Gasteiger partial charge in [0.25, 0.3) is 0 Å². The minimum atomic E-state index is -1.34. The number of aliphatic carboxylic acids is 1. The van der Waals surface area contributed by atoms with Gasteiger partial charge in [0.15, 0.2) is 0 Å². The van der Waals surface area contributed by atoms with Crippen molar-refractivity contribution in [1.82, 2.24) is 15.5 Å². The van der Waals surface area contributed by atoms with Gasteiger partial charge in [0.2, 0.25) is 11.8 Å². The van der Waals surface area contributed by atoms with E-state index in [1.807, 2.05) is 20.8 Å². The van der Waals surface area contributed by atoms with Crippen molar-refractivity contribution >= 4 is 23.9 Å². The molecule has 0 aromatic heterocycles. The lowest BCUT2D eigenvalue weighted by atomic mass is 9.85. The van der Waals surface area contributed by atoms with Crippen LogP contribution in [0.1, 0.15) is 59.3 Å². The maximum absolute atomic E-state index is 13.5. The van der Waals surface area contributed by atoms with Crippen LogP contribution in [0.3, 0.4) is 0 Å². The standard InChI is InChI=1S/C24H35N3O6/c1-5-15-12-24(15,21(30)31)26-19(28)17-7-6-8-27(17)20(29)18(23(2,3)4)25-22(32)33-16-10-13-9-14(13)11-16/h5,13-18H,1,6-12H2,2-4H3,(H,25,32)(H,26,28)(H,30,31)/t13-,14+,15-,16+,17+,18-,24-/m1/s1. The molecule has 9 heteroatoms. The molecule has 4 rings (SSSR count). The number of alkyl carbamates (subject to hydrolysis) is 1. The lowest BCUT2D eigenvalue weighted by molar-refractivity contribution is -0.146. The lowest BCUT2D eigenvalue weighted by Gasteiger charge is -2.35. The van der Waals surface area contributed by atoms with Gasteiger partial charge in [-0.05, 0) is 55.8 Å². The molecule has 3 amide bonds. The molecule has 0 spiro atoms. The van der Waals surface area contributed by atoms with Crippen molar-refractivity contribution in [3.63, 3.8) is 0 Å². The predicted octanol–water partition coefficient (Wildman–Crippen LogP) is 2.06. The van der Waals surface area contributed by atoms with Crippen molar-refractivity contribution in [2.24, 2.45) is 23.2 Å². The first-order valence-corrected chi connectivity index (χ1v) is 11.9. The van der Waals surface area contributed by atoms with E-state index >= 15 is 0 Å². The van der Waals surface area contributed by atoms with Gasteiger partial charge in [-0.1, -0.05) is 26.8 Å². The fourth-order valence-corrected chi connectivity index (χ4v) is 5.49. The van der Waals surface area contributed by atoms with Crippen molar-refractivity contribution in [2.45, 2.75) is 83.0 Å². The van der Waals surface area contributed by atoms with Crippen molar-refractivity contribution in [2.75, 3.05) is 6.54 Å². The van der Waals surface area contributed by atoms with Crippen LogP contribution in [0.15, 0.2) is 12.7 Å². The molecule has 0 radical (unpaired) electrons. The number of fused-ring (bicyclic) bond motifs is 1. The molecule has 4 aliphatic rings. The minimum Gasteiger partial charge on any atom is -0.479 e. The van der Waals surface area contributed by atoms with Gasteiger partial charge >= 0.3 is 12.1 Å². The number of nitrogens with one attached hydrogen (secondary N) is 2. The summed E-state index contributed by atoms with van der Waals surface area (Å²) in [7, 11) is 0. The Morgan fingerprint density at radius 3 is 2.39 bits per heavy atom. The first kappa shape index (κ1) is 23.6. The molecule has 33 heavy (non-hydrogen) atoms. The second-order valence-corrected chi connectivity index (χ2v) is 11.2. The summed E-state index contributed by atoms with van der Waals surface area (Å²) in [5.41, 5.74) is -1.95. The van der Waals surface area contributed by atoms with E-state index in [-0.39, 0.29) is 17.9 Å². The number of nitrogens with zero attached hydrogens (tertiary/aromatic N) is 1. The SMILES string of the molecule is C=C[C@@H]1C[C@]1(NC(=O)[C@@H]1CCCN1C(=O)[C@@H](NC(=O)O[C@@H]1C[C@@H]2C[C@@H]2C1)C(C)(C)C)C(=O)O. The summed E-state index contributed by atoms with van der Waals surface area (Å²) >= 11 is 0. The fraction of sp³-hybridized carbons (Fsp3) is 0.750. The molecule has 3 N–H and O–H groups in total. The van der Waals surface area contributed by atoms with E-state index in [2.05, 4.69) is 17.2 Å². The zero-order valence-electron chi connectivity index (χ0n) is 19.6. The smallest absolute Gasteiger partial charge is 0.408 e. The molecule has 9 nitrogen and oxygen atoms in total. The Balaban J connectivity index is 1.41. The highest BCUT2D eigenvalue weighted by Crippen LogP contribution is 2.52. The third kappa shape index (κ3) is 4.59. The zero-order valence-corrected chi connectivity index (χ0v) is 19.6. The molecule has 3 aliphatic carbocycles. The van der Waals surface area contributed by atoms with Crippen LogP contribution in [-0.2, 0) is 19.1 Å². The second kappa shape index (κ2) is 8.33. The average molecular weight is 462 g/mol. The number of amides is 3. The summed E-state index contributed by atoms with van der Waals surface area (Å²) in [5.74, 6) is -0.913. The Morgan fingerprint density at radius 2 is 1.85 bits per heavy atom. The van der Waals surface area contributed by atoms with Crippen LogP contribution in [0.5, 0.6) is 0 Å². The molecule has 182 valence electrons. The number of hydrogen-bond donors (Lipinski definition) is 3. The largest absolute Gasteiger partial charge is 0.479 e. The van der Waals surface area contributed by atoms with E-state index in [0.29, 0.717) is 37.6 Å². The van der Waals surface area contributed by atoms with E-state index in [0.717, 1.165) is 12.8 Å². The zero-order chi connectivity index (χ0) is 24.1. The minimum absolute atomic E-state index is 0.0988. The van der Waals surface area contributed by atoms with Gasteiger partial charge in [-0.3, -0.25) is 9.59 Å². The first-order chi connectivity index (χ1) is 15.5. The molecule has 1 saturated heterocycles. The van der Waals surface area contributed by atoms with Crippen molar-refractivity contribution in [1.29, 1.82) is 0 Å². The molecule has 0 unspecified atom stereocenters. The summed E-state index contributed by atoms with van der Waals surface area (Å²) in [6.45, 7) is 9.56. The lowest BCUT2D eigenvalue weighted by Crippen LogP contribution is -2.59. The van der Waals surface area contributed by atoms with Crippen LogP contribution in [0, 0.1) is 23.2 Å². The van der Waals surface area contributed by atoms with Gasteiger partial charge in [-0.15, -0.1) is 6.58 Å². The van der Waals surface area contributed by atoms with Gasteiger partial charge in [0, 0.05) is 12.5 Å². The monoisotopic (exact) mass is 461 g/mol. The summed E-state index contributed by atoms with van der Waals surface area (Å²) in [6, 6.07) is -1.64. The van der Waals surface area contributed by atoms with E-state index in [1.165, 1.54) is 17.4 Å². The Kier molecular flexibility index (Phi) is 5.95. The topological polar surface area (TPSA) is 125 Å². The molecule has 7 atom stereocenters. The number of carboxylic acids is 1. The molecule has 4 fully saturated rings. The van der Waals surface area contributed by atoms with E-state index in [9.17, 15) is 24.3 Å². The van der Waals surface area contributed by atoms with Crippen molar-refractivity contribution < 1.29 is 29.0 Å². The number of carbonyl (C=O) groups excluding carboxylic acids is 3. The Hall–Kier alpha value is -2.58. The van der Waals surface area contributed by atoms with E-state index < -0.39 is 41.0 Å². The molecule has 0 aromatic carbocycles. The Bertz CT molecular complexity index is 857. The van der Waals surface area contributed by atoms with Gasteiger partial charge < -0.3 is 25.4 Å². The number of hydrogen-bond acceptors (Lipinski definition) is 5. The number of carbonyl (C=O) groups is 4. The maximum Gasteiger partial charge on any atom is 0.408 e. The summed E-state index contributed by atoms with van der Waals surface area (Å²) in [6.07, 6.45) is 5.18. The normalized spacial score (nSPS) is 35.2. The molecule has 1 aliphatic heterocycles. The van der Waals surface area contributed by atoms with Gasteiger partial charge in [0.05, 0.1) is 0 Å². The highest BCUT2D eigenvalue weighted by molar-refractivity contribution is 5.96. The number of carboxylic acid groups (broad SMARTS) is 1. The van der Waals surface area contributed by atoms with Crippen LogP contribution in [0.25, 0.3) is 0 Å². The Labute approximate surface area is 194 Å². The van der Waals surface area contributed by atoms with Crippen LogP contribution in [0.2, 0.25) is 0 Å². The van der Waals surface area contributed by atoms with Gasteiger partial charge in [-0.2, -0.15) is 0 Å². The predicted molar refractivity (Wildman–Crippen MR) is 119 cm³/mol. The quantitative estimate of drug-likeness (QED) is 0.499. The third-order valence-corrected chi connectivity index (χ3v) is 7.71. The number of likely N-dealkylation sites (tertiary alicyclic amines) is 1. The fourth-order valence-electron chi connectivity index (χ4n) is 5.49. The Morgan fingerprint density at radius 1 is 1.18 bits per heavy atom. The van der Waals surface area contributed by atoms with Gasteiger partial charge in [0.1, 0.15) is 23.7 Å². The van der Waals surface area contributed by atoms with E-state index in [4.69, 9.17) is 4.74 Å². The second-order valence-electron chi connectivity index (χ2n) is 11.2. The van der Waals surface area contributed by atoms with Gasteiger partial charge in [-0.25, -0.2) is 9.59 Å². The maximum atomic E-state index is 13.5. The number of ether oxygens (including phenoxy) is 1. The average Bonchev–Trinajstić information content (AvgIpc) is 3.50. The summed E-state index contributed by atoms with van der Waals surface area (Å²) < 4.78 is 5.57. The van der Waals surface area contributed by atoms with Crippen LogP contribution >= 0.6 is 0 Å². The van der Waals surface area contributed by atoms with Crippen molar-refractivity contribution in [3.8, 4) is 0 Å². The first-order valence-electron chi connectivity index (χ1n) is 11.9. The van der Waals surface area contributed by atoms with Crippen LogP contribution in [-0.4, -0.2) is 64.2 Å². The molecular formula is C24H35N3O6. The summed E-state index contributed by atoms with van der Waals surface area (Å²) in [5, 5.41) is 15.0. The molecular weight excluding hydrogens is 426 g/mol. The number of rotatable bonds is 7. The van der Waals surface area contributed by atoms with Crippen molar-refractivity contribution in [3.05, 3.63) is 12.7 Å². The van der Waals surface area contributed by atoms with Crippen LogP contribution < -0.4 is 10.6 Å². The molecule has 1 heterocycles.